The highest BCUT2D eigenvalue weighted by atomic mass is 19.1. The lowest BCUT2D eigenvalue weighted by Crippen LogP contribution is -1.98. The van der Waals surface area contributed by atoms with Crippen molar-refractivity contribution in [2.24, 2.45) is 4.99 Å². The van der Waals surface area contributed by atoms with Crippen LogP contribution in [0.25, 0.3) is 0 Å². The number of aliphatic imine (C=N–C) groups is 1. The molecule has 0 radical (unpaired) electrons. The lowest BCUT2D eigenvalue weighted by molar-refractivity contribution is 0.400. The van der Waals surface area contributed by atoms with Crippen molar-refractivity contribution in [3.05, 3.63) is 29.6 Å². The molecule has 0 heterocycles. The molecule has 74 valence electrons. The molecule has 1 aromatic rings. The Morgan fingerprint density at radius 1 is 1.57 bits per heavy atom. The molecule has 1 rings (SSSR count). The largest absolute Gasteiger partial charge is 0.496 e. The average Bonchev–Trinajstić information content (AvgIpc) is 2.17. The van der Waals surface area contributed by atoms with E-state index in [-0.39, 0.29) is 5.56 Å². The number of hydrogen-bond acceptors (Lipinski definition) is 3. The van der Waals surface area contributed by atoms with Crippen molar-refractivity contribution in [2.75, 3.05) is 7.11 Å². The zero-order chi connectivity index (χ0) is 10.6. The number of methoxy groups -OCH3 is 1. The topological polar surface area (TPSA) is 38.7 Å². The first kappa shape index (κ1) is 10.4. The van der Waals surface area contributed by atoms with Crippen LogP contribution in [0.1, 0.15) is 18.5 Å². The molecule has 0 amide bonds. The van der Waals surface area contributed by atoms with Gasteiger partial charge in [0.15, 0.2) is 0 Å². The molecule has 4 heteroatoms. The van der Waals surface area contributed by atoms with Gasteiger partial charge in [0.2, 0.25) is 6.08 Å². The van der Waals surface area contributed by atoms with Gasteiger partial charge in [-0.05, 0) is 19.1 Å². The van der Waals surface area contributed by atoms with Crippen molar-refractivity contribution < 1.29 is 13.9 Å². The predicted octanol–water partition coefficient (Wildman–Crippen LogP) is 2.23. The number of nitrogens with zero attached hydrogens (tertiary/aromatic N) is 1. The zero-order valence-electron chi connectivity index (χ0n) is 7.95. The first-order valence-electron chi connectivity index (χ1n) is 4.10. The minimum absolute atomic E-state index is 0.276. The normalized spacial score (nSPS) is 11.6. The number of isocyanates is 1. The minimum atomic E-state index is -0.580. The van der Waals surface area contributed by atoms with Crippen molar-refractivity contribution in [1.82, 2.24) is 0 Å². The van der Waals surface area contributed by atoms with Crippen molar-refractivity contribution >= 4 is 6.08 Å². The van der Waals surface area contributed by atoms with Crippen LogP contribution in [0.15, 0.2) is 23.2 Å². The number of rotatable bonds is 3. The Bertz CT molecular complexity index is 372. The fraction of sp³-hybridized carbons (Fsp3) is 0.300. The van der Waals surface area contributed by atoms with E-state index in [1.807, 2.05) is 0 Å². The summed E-state index contributed by atoms with van der Waals surface area (Å²) in [5, 5.41) is 0. The van der Waals surface area contributed by atoms with E-state index in [9.17, 15) is 9.18 Å². The van der Waals surface area contributed by atoms with Gasteiger partial charge in [-0.15, -0.1) is 0 Å². The Morgan fingerprint density at radius 2 is 2.29 bits per heavy atom. The second-order valence-corrected chi connectivity index (χ2v) is 2.75. The molecule has 0 saturated carbocycles. The molecule has 1 aromatic carbocycles. The van der Waals surface area contributed by atoms with Crippen LogP contribution in [0.3, 0.4) is 0 Å². The molecule has 3 nitrogen and oxygen atoms in total. The Morgan fingerprint density at radius 3 is 2.86 bits per heavy atom. The molecule has 0 aromatic heterocycles. The maximum atomic E-state index is 13.3. The SMILES string of the molecule is COc1cccc(F)c1C(C)N=C=O. The molecule has 0 aliphatic rings. The summed E-state index contributed by atoms with van der Waals surface area (Å²) in [6.07, 6.45) is 1.40. The van der Waals surface area contributed by atoms with Crippen molar-refractivity contribution in [1.29, 1.82) is 0 Å². The highest BCUT2D eigenvalue weighted by molar-refractivity contribution is 5.40. The van der Waals surface area contributed by atoms with Crippen molar-refractivity contribution in [3.8, 4) is 5.75 Å². The fourth-order valence-electron chi connectivity index (χ4n) is 1.24. The molecular formula is C10H10FNO2. The van der Waals surface area contributed by atoms with Gasteiger partial charge in [-0.25, -0.2) is 9.18 Å². The monoisotopic (exact) mass is 195 g/mol. The summed E-state index contributed by atoms with van der Waals surface area (Å²) in [5.41, 5.74) is 0.276. The van der Waals surface area contributed by atoms with Gasteiger partial charge >= 0.3 is 0 Å². The van der Waals surface area contributed by atoms with E-state index in [0.29, 0.717) is 5.75 Å². The Labute approximate surface area is 81.2 Å². The maximum Gasteiger partial charge on any atom is 0.235 e. The lowest BCUT2D eigenvalue weighted by Gasteiger charge is -2.11. The number of halogens is 1. The average molecular weight is 195 g/mol. The van der Waals surface area contributed by atoms with E-state index >= 15 is 0 Å². The Balaban J connectivity index is 3.22. The molecule has 1 atom stereocenters. The van der Waals surface area contributed by atoms with Gasteiger partial charge in [-0.3, -0.25) is 0 Å². The fourth-order valence-corrected chi connectivity index (χ4v) is 1.24. The first-order valence-corrected chi connectivity index (χ1v) is 4.10. The summed E-state index contributed by atoms with van der Waals surface area (Å²) in [6.45, 7) is 1.60. The van der Waals surface area contributed by atoms with Crippen LogP contribution < -0.4 is 4.74 Å². The molecule has 0 fully saturated rings. The van der Waals surface area contributed by atoms with Crippen LogP contribution in [0.4, 0.5) is 4.39 Å². The van der Waals surface area contributed by atoms with Crippen LogP contribution >= 0.6 is 0 Å². The molecule has 0 spiro atoms. The van der Waals surface area contributed by atoms with Gasteiger partial charge < -0.3 is 4.74 Å². The number of hydrogen-bond donors (Lipinski definition) is 0. The van der Waals surface area contributed by atoms with E-state index in [2.05, 4.69) is 4.99 Å². The second-order valence-electron chi connectivity index (χ2n) is 2.75. The zero-order valence-corrected chi connectivity index (χ0v) is 7.95. The van der Waals surface area contributed by atoms with Gasteiger partial charge in [0, 0.05) is 0 Å². The first-order chi connectivity index (χ1) is 6.70. The lowest BCUT2D eigenvalue weighted by atomic mass is 10.1. The van der Waals surface area contributed by atoms with Crippen molar-refractivity contribution in [3.63, 3.8) is 0 Å². The summed E-state index contributed by atoms with van der Waals surface area (Å²) in [4.78, 5) is 13.5. The van der Waals surface area contributed by atoms with Gasteiger partial charge in [-0.1, -0.05) is 6.07 Å². The molecule has 0 bridgehead atoms. The maximum absolute atomic E-state index is 13.3. The number of ether oxygens (including phenoxy) is 1. The van der Waals surface area contributed by atoms with Gasteiger partial charge in [0.1, 0.15) is 11.6 Å². The van der Waals surface area contributed by atoms with Gasteiger partial charge in [0.05, 0.1) is 18.7 Å². The smallest absolute Gasteiger partial charge is 0.235 e. The third-order valence-corrected chi connectivity index (χ3v) is 1.90. The Hall–Kier alpha value is -1.67. The van der Waals surface area contributed by atoms with Crippen LogP contribution in [0, 0.1) is 5.82 Å². The van der Waals surface area contributed by atoms with E-state index in [1.54, 1.807) is 13.0 Å². The molecule has 0 aliphatic heterocycles. The van der Waals surface area contributed by atoms with Crippen molar-refractivity contribution in [2.45, 2.75) is 13.0 Å². The van der Waals surface area contributed by atoms with E-state index in [4.69, 9.17) is 4.74 Å². The van der Waals surface area contributed by atoms with Crippen LogP contribution in [0.5, 0.6) is 5.75 Å². The highest BCUT2D eigenvalue weighted by Gasteiger charge is 2.15. The molecule has 14 heavy (non-hydrogen) atoms. The third kappa shape index (κ3) is 1.98. The van der Waals surface area contributed by atoms with Crippen LogP contribution in [-0.2, 0) is 4.79 Å². The second kappa shape index (κ2) is 4.53. The summed E-state index contributed by atoms with van der Waals surface area (Å²) in [6, 6.07) is 3.88. The third-order valence-electron chi connectivity index (χ3n) is 1.90. The molecular weight excluding hydrogens is 185 g/mol. The summed E-state index contributed by atoms with van der Waals surface area (Å²) in [7, 11) is 1.44. The molecule has 0 saturated heterocycles. The Kier molecular flexibility index (Phi) is 3.37. The van der Waals surface area contributed by atoms with Gasteiger partial charge in [-0.2, -0.15) is 4.99 Å². The van der Waals surface area contributed by atoms with Crippen LogP contribution in [0.2, 0.25) is 0 Å². The minimum Gasteiger partial charge on any atom is -0.496 e. The van der Waals surface area contributed by atoms with Crippen LogP contribution in [-0.4, -0.2) is 13.2 Å². The molecule has 0 aliphatic carbocycles. The highest BCUT2D eigenvalue weighted by Crippen LogP contribution is 2.29. The summed E-state index contributed by atoms with van der Waals surface area (Å²) in [5.74, 6) is -0.0487. The van der Waals surface area contributed by atoms with E-state index in [1.165, 1.54) is 25.3 Å². The van der Waals surface area contributed by atoms with E-state index < -0.39 is 11.9 Å². The number of carbonyl (C=O) groups excluding carboxylic acids is 1. The van der Waals surface area contributed by atoms with Gasteiger partial charge in [0.25, 0.3) is 0 Å². The number of benzene rings is 1. The summed E-state index contributed by atoms with van der Waals surface area (Å²) >= 11 is 0. The standard InChI is InChI=1S/C10H10FNO2/c1-7(12-6-13)10-8(11)4-3-5-9(10)14-2/h3-5,7H,1-2H3. The molecule has 0 N–H and O–H groups in total. The summed E-state index contributed by atoms with van der Waals surface area (Å²) < 4.78 is 18.3. The van der Waals surface area contributed by atoms with E-state index in [0.717, 1.165) is 0 Å². The molecule has 1 unspecified atom stereocenters. The predicted molar refractivity (Wildman–Crippen MR) is 49.5 cm³/mol. The quantitative estimate of drug-likeness (QED) is 0.548.